The number of nitrogens with zero attached hydrogens (tertiary/aromatic N) is 2. The van der Waals surface area contributed by atoms with Crippen LogP contribution in [0.25, 0.3) is 0 Å². The van der Waals surface area contributed by atoms with Crippen molar-refractivity contribution in [3.05, 3.63) is 81.2 Å². The highest BCUT2D eigenvalue weighted by atomic mass is 35.5. The molecule has 1 aliphatic rings. The third kappa shape index (κ3) is 6.87. The van der Waals surface area contributed by atoms with Crippen molar-refractivity contribution in [1.82, 2.24) is 10.2 Å². The molecule has 0 spiro atoms. The topological polar surface area (TPSA) is 82.9 Å². The van der Waals surface area contributed by atoms with Crippen LogP contribution < -0.4 is 10.2 Å². The Morgan fingerprint density at radius 2 is 1.70 bits per heavy atom. The predicted molar refractivity (Wildman–Crippen MR) is 148 cm³/mol. The van der Waals surface area contributed by atoms with Crippen molar-refractivity contribution in [2.75, 3.05) is 44.2 Å². The Balaban J connectivity index is 1.22. The van der Waals surface area contributed by atoms with Crippen molar-refractivity contribution >= 4 is 44.6 Å². The van der Waals surface area contributed by atoms with Crippen molar-refractivity contribution in [2.24, 2.45) is 0 Å². The summed E-state index contributed by atoms with van der Waals surface area (Å²) in [5.74, 6) is -0.614. The van der Waals surface area contributed by atoms with E-state index in [0.29, 0.717) is 6.54 Å². The molecule has 1 N–H and O–H groups in total. The largest absolute Gasteiger partial charge is 0.455 e. The van der Waals surface area contributed by atoms with E-state index in [-0.39, 0.29) is 32.4 Å². The van der Waals surface area contributed by atoms with Gasteiger partial charge in [-0.3, -0.25) is 9.69 Å². The lowest BCUT2D eigenvalue weighted by molar-refractivity contribution is 0.0922. The number of hydrogen-bond donors (Lipinski definition) is 1. The molecule has 0 unspecified atom stereocenters. The molecule has 2 heterocycles. The monoisotopic (exact) mass is 563 g/mol. The molecule has 0 atom stereocenters. The van der Waals surface area contributed by atoms with Gasteiger partial charge in [-0.1, -0.05) is 41.4 Å². The van der Waals surface area contributed by atoms with E-state index in [1.165, 1.54) is 41.1 Å². The summed E-state index contributed by atoms with van der Waals surface area (Å²) < 4.78 is 31.1. The van der Waals surface area contributed by atoms with Crippen molar-refractivity contribution in [3.63, 3.8) is 0 Å². The number of amides is 1. The lowest BCUT2D eigenvalue weighted by Crippen LogP contribution is -2.47. The Bertz CT molecular complexity index is 1350. The van der Waals surface area contributed by atoms with Crippen LogP contribution in [-0.4, -0.2) is 58.5 Å². The first-order valence-corrected chi connectivity index (χ1v) is 14.6. The molecule has 1 saturated heterocycles. The molecular weight excluding hydrogens is 533 g/mol. The van der Waals surface area contributed by atoms with Crippen molar-refractivity contribution < 1.29 is 17.6 Å². The van der Waals surface area contributed by atoms with Crippen LogP contribution in [0.5, 0.6) is 0 Å². The van der Waals surface area contributed by atoms with Gasteiger partial charge in [0.2, 0.25) is 0 Å². The minimum Gasteiger partial charge on any atom is -0.455 e. The van der Waals surface area contributed by atoms with Crippen LogP contribution in [0.1, 0.15) is 33.9 Å². The van der Waals surface area contributed by atoms with Gasteiger partial charge in [-0.15, -0.1) is 0 Å². The Morgan fingerprint density at radius 1 is 1.00 bits per heavy atom. The average molecular weight is 565 g/mol. The number of carbonyl (C=O) groups is 1. The van der Waals surface area contributed by atoms with Gasteiger partial charge >= 0.3 is 0 Å². The van der Waals surface area contributed by atoms with E-state index < -0.39 is 15.6 Å². The van der Waals surface area contributed by atoms with E-state index in [4.69, 9.17) is 27.6 Å². The van der Waals surface area contributed by atoms with Crippen LogP contribution in [0.2, 0.25) is 10.0 Å². The summed E-state index contributed by atoms with van der Waals surface area (Å²) in [4.78, 5) is 17.2. The van der Waals surface area contributed by atoms with E-state index in [9.17, 15) is 13.2 Å². The number of aryl methyl sites for hydroxylation is 2. The van der Waals surface area contributed by atoms with Crippen LogP contribution in [0.4, 0.5) is 5.69 Å². The van der Waals surface area contributed by atoms with Crippen molar-refractivity contribution in [3.8, 4) is 0 Å². The van der Waals surface area contributed by atoms with Crippen LogP contribution in [0, 0.1) is 13.8 Å². The molecule has 0 bridgehead atoms. The smallest absolute Gasteiger partial charge is 0.286 e. The number of piperazine rings is 1. The quantitative estimate of drug-likeness (QED) is 0.364. The summed E-state index contributed by atoms with van der Waals surface area (Å²) in [7, 11) is -3.85. The highest BCUT2D eigenvalue weighted by molar-refractivity contribution is 7.90. The summed E-state index contributed by atoms with van der Waals surface area (Å²) in [6.45, 7) is 9.58. The number of benzene rings is 2. The summed E-state index contributed by atoms with van der Waals surface area (Å²) in [5, 5.41) is 2.94. The molecule has 4 rings (SSSR count). The number of anilines is 1. The Hall–Kier alpha value is -2.52. The first kappa shape index (κ1) is 27.5. The number of hydrogen-bond acceptors (Lipinski definition) is 6. The van der Waals surface area contributed by atoms with Crippen molar-refractivity contribution in [1.29, 1.82) is 0 Å². The molecule has 0 aliphatic carbocycles. The number of halogens is 2. The summed E-state index contributed by atoms with van der Waals surface area (Å²) in [5.41, 5.74) is 3.88. The average Bonchev–Trinajstić information content (AvgIpc) is 3.31. The first-order valence-electron chi connectivity index (χ1n) is 12.2. The fraction of sp³-hybridized carbons (Fsp3) is 0.370. The molecule has 3 aromatic rings. The van der Waals surface area contributed by atoms with Crippen LogP contribution in [-0.2, 0) is 15.6 Å². The van der Waals surface area contributed by atoms with Gasteiger partial charge in [0.25, 0.3) is 5.91 Å². The van der Waals surface area contributed by atoms with Gasteiger partial charge in [0, 0.05) is 38.4 Å². The lowest BCUT2D eigenvalue weighted by atomic mass is 10.1. The maximum atomic E-state index is 12.8. The minimum absolute atomic E-state index is 0.0451. The SMILES string of the molecule is Cc1ccc(C)c(N2CCN(CCCNC(=O)c3ccc(CS(=O)(=O)c4c(Cl)cccc4Cl)o3)CC2)c1. The van der Waals surface area contributed by atoms with Gasteiger partial charge in [0.1, 0.15) is 16.4 Å². The number of nitrogens with one attached hydrogen (secondary N) is 1. The highest BCUT2D eigenvalue weighted by Crippen LogP contribution is 2.31. The van der Waals surface area contributed by atoms with Crippen LogP contribution in [0.15, 0.2) is 57.8 Å². The summed E-state index contributed by atoms with van der Waals surface area (Å²) in [6, 6.07) is 14.0. The molecule has 2 aromatic carbocycles. The number of sulfone groups is 1. The normalized spacial score (nSPS) is 14.6. The molecule has 0 saturated carbocycles. The van der Waals surface area contributed by atoms with Gasteiger partial charge in [-0.05, 0) is 68.3 Å². The number of carbonyl (C=O) groups excluding carboxylic acids is 1. The molecule has 0 radical (unpaired) electrons. The summed E-state index contributed by atoms with van der Waals surface area (Å²) >= 11 is 12.1. The van der Waals surface area contributed by atoms with Crippen LogP contribution in [0.3, 0.4) is 0 Å². The molecule has 7 nitrogen and oxygen atoms in total. The maximum Gasteiger partial charge on any atom is 0.286 e. The summed E-state index contributed by atoms with van der Waals surface area (Å²) in [6.07, 6.45) is 0.808. The third-order valence-electron chi connectivity index (χ3n) is 6.46. The number of rotatable bonds is 9. The van der Waals surface area contributed by atoms with E-state index in [2.05, 4.69) is 47.2 Å². The van der Waals surface area contributed by atoms with Gasteiger partial charge < -0.3 is 14.6 Å². The maximum absolute atomic E-state index is 12.8. The molecule has 1 aliphatic heterocycles. The second-order valence-electron chi connectivity index (χ2n) is 9.30. The van der Waals surface area contributed by atoms with Crippen LogP contribution >= 0.6 is 23.2 Å². The second-order valence-corrected chi connectivity index (χ2v) is 12.0. The fourth-order valence-electron chi connectivity index (χ4n) is 4.48. The zero-order valence-corrected chi connectivity index (χ0v) is 23.3. The van der Waals surface area contributed by atoms with E-state index in [1.54, 1.807) is 6.07 Å². The minimum atomic E-state index is -3.85. The van der Waals surface area contributed by atoms with Crippen molar-refractivity contribution in [2.45, 2.75) is 30.9 Å². The van der Waals surface area contributed by atoms with Gasteiger partial charge in [-0.2, -0.15) is 0 Å². The Kier molecular flexibility index (Phi) is 8.85. The molecule has 1 amide bonds. The van der Waals surface area contributed by atoms with E-state index in [0.717, 1.165) is 39.1 Å². The van der Waals surface area contributed by atoms with E-state index >= 15 is 0 Å². The lowest BCUT2D eigenvalue weighted by Gasteiger charge is -2.37. The highest BCUT2D eigenvalue weighted by Gasteiger charge is 2.24. The number of furan rings is 1. The fourth-order valence-corrected chi connectivity index (χ4v) is 6.99. The predicted octanol–water partition coefficient (Wildman–Crippen LogP) is 5.12. The zero-order valence-electron chi connectivity index (χ0n) is 21.0. The molecule has 1 fully saturated rings. The van der Waals surface area contributed by atoms with Gasteiger partial charge in [0.15, 0.2) is 15.6 Å². The molecular formula is C27H31Cl2N3O4S. The standard InChI is InChI=1S/C27H31Cl2N3O4S/c1-19-7-8-20(2)24(17-19)32-15-13-31(14-16-32)12-4-11-30-27(33)25-10-9-21(36-25)18-37(34,35)26-22(28)5-3-6-23(26)29/h3,5-10,17H,4,11-16,18H2,1-2H3,(H,30,33). The first-order chi connectivity index (χ1) is 17.6. The molecule has 10 heteroatoms. The molecule has 37 heavy (non-hydrogen) atoms. The Morgan fingerprint density at radius 3 is 2.41 bits per heavy atom. The molecule has 1 aromatic heterocycles. The third-order valence-corrected chi connectivity index (χ3v) is 9.04. The van der Waals surface area contributed by atoms with Gasteiger partial charge in [0.05, 0.1) is 10.0 Å². The van der Waals surface area contributed by atoms with Gasteiger partial charge in [-0.25, -0.2) is 8.42 Å². The van der Waals surface area contributed by atoms with E-state index in [1.807, 2.05) is 0 Å². The second kappa shape index (κ2) is 11.9. The zero-order chi connectivity index (χ0) is 26.6. The molecule has 198 valence electrons. The Labute approximate surface area is 228 Å².